The number of nitrogens with one attached hydrogen (secondary N) is 1. The Labute approximate surface area is 237 Å². The lowest BCUT2D eigenvalue weighted by atomic mass is 10.1. The first-order valence-corrected chi connectivity index (χ1v) is 13.8. The highest BCUT2D eigenvalue weighted by Gasteiger charge is 2.29. The van der Waals surface area contributed by atoms with Gasteiger partial charge in [-0.2, -0.15) is 4.98 Å². The summed E-state index contributed by atoms with van der Waals surface area (Å²) in [5.41, 5.74) is 1.27. The topological polar surface area (TPSA) is 129 Å². The molecule has 218 valence electrons. The molecular formula is C29H37N7O5. The van der Waals surface area contributed by atoms with Gasteiger partial charge in [-0.15, -0.1) is 0 Å². The van der Waals surface area contributed by atoms with Gasteiger partial charge in [-0.3, -0.25) is 13.9 Å². The van der Waals surface area contributed by atoms with Crippen molar-refractivity contribution in [3.8, 4) is 0 Å². The summed E-state index contributed by atoms with van der Waals surface area (Å²) in [4.78, 5) is 46.8. The molecule has 12 heteroatoms. The summed E-state index contributed by atoms with van der Waals surface area (Å²) in [7, 11) is 1.62. The number of anilines is 1. The van der Waals surface area contributed by atoms with Gasteiger partial charge in [0, 0.05) is 38.1 Å². The molecule has 41 heavy (non-hydrogen) atoms. The summed E-state index contributed by atoms with van der Waals surface area (Å²) in [6.45, 7) is 11.0. The van der Waals surface area contributed by atoms with Crippen LogP contribution in [0.1, 0.15) is 53.2 Å². The molecule has 1 unspecified atom stereocenters. The SMILES string of the molecule is CC(C)=CCn1c(N2CCCC(NC(=O)OC(C)(C)C)C2)nc2c1c(=O)n(Cc1noc3ccccc13)c(=O)n2C. The first-order chi connectivity index (χ1) is 19.4. The van der Waals surface area contributed by atoms with Crippen molar-refractivity contribution in [2.75, 3.05) is 18.0 Å². The van der Waals surface area contributed by atoms with Crippen molar-refractivity contribution in [2.24, 2.45) is 7.05 Å². The van der Waals surface area contributed by atoms with Crippen LogP contribution in [-0.4, -0.2) is 54.7 Å². The number of alkyl carbamates (subject to hydrolysis) is 1. The molecule has 1 amide bonds. The Kier molecular flexibility index (Phi) is 7.50. The van der Waals surface area contributed by atoms with E-state index >= 15 is 0 Å². The number of hydrogen-bond acceptors (Lipinski definition) is 8. The van der Waals surface area contributed by atoms with Gasteiger partial charge in [0.25, 0.3) is 5.56 Å². The van der Waals surface area contributed by atoms with E-state index in [1.165, 1.54) is 9.13 Å². The number of rotatable bonds is 6. The second-order valence-electron chi connectivity index (χ2n) is 11.8. The number of benzene rings is 1. The molecule has 1 fully saturated rings. The van der Waals surface area contributed by atoms with Crippen molar-refractivity contribution in [3.05, 3.63) is 62.4 Å². The number of carbonyl (C=O) groups is 1. The quantitative estimate of drug-likeness (QED) is 0.353. The van der Waals surface area contributed by atoms with Crippen LogP contribution in [0.5, 0.6) is 0 Å². The van der Waals surface area contributed by atoms with Crippen molar-refractivity contribution < 1.29 is 14.1 Å². The van der Waals surface area contributed by atoms with Crippen LogP contribution in [-0.2, 0) is 24.9 Å². The van der Waals surface area contributed by atoms with Crippen LogP contribution in [0.2, 0.25) is 0 Å². The van der Waals surface area contributed by atoms with Crippen LogP contribution in [0.3, 0.4) is 0 Å². The van der Waals surface area contributed by atoms with E-state index in [2.05, 4.69) is 15.4 Å². The van der Waals surface area contributed by atoms with Crippen molar-refractivity contribution >= 4 is 34.2 Å². The van der Waals surface area contributed by atoms with Crippen LogP contribution in [0.4, 0.5) is 10.7 Å². The highest BCUT2D eigenvalue weighted by Crippen LogP contribution is 2.24. The molecule has 1 aliphatic rings. The number of nitrogens with zero attached hydrogens (tertiary/aromatic N) is 6. The Morgan fingerprint density at radius 2 is 1.95 bits per heavy atom. The second-order valence-corrected chi connectivity index (χ2v) is 11.8. The zero-order valence-corrected chi connectivity index (χ0v) is 24.4. The van der Waals surface area contributed by atoms with Gasteiger partial charge >= 0.3 is 11.8 Å². The fourth-order valence-corrected chi connectivity index (χ4v) is 5.14. The molecule has 0 radical (unpaired) electrons. The highest BCUT2D eigenvalue weighted by atomic mass is 16.6. The van der Waals surface area contributed by atoms with E-state index in [0.29, 0.717) is 48.0 Å². The summed E-state index contributed by atoms with van der Waals surface area (Å²) in [5, 5.41) is 7.85. The molecule has 1 aliphatic heterocycles. The lowest BCUT2D eigenvalue weighted by Crippen LogP contribution is -2.49. The third kappa shape index (κ3) is 5.77. The number of carbonyl (C=O) groups excluding carboxylic acids is 1. The van der Waals surface area contributed by atoms with Crippen LogP contribution in [0, 0.1) is 0 Å². The average Bonchev–Trinajstić information content (AvgIpc) is 3.49. The second kappa shape index (κ2) is 10.9. The summed E-state index contributed by atoms with van der Waals surface area (Å²) >= 11 is 0. The van der Waals surface area contributed by atoms with E-state index in [4.69, 9.17) is 14.2 Å². The highest BCUT2D eigenvalue weighted by molar-refractivity contribution is 5.79. The molecule has 12 nitrogen and oxygen atoms in total. The van der Waals surface area contributed by atoms with E-state index in [1.807, 2.05) is 63.5 Å². The maximum Gasteiger partial charge on any atom is 0.407 e. The first-order valence-electron chi connectivity index (χ1n) is 13.8. The molecular weight excluding hydrogens is 526 g/mol. The van der Waals surface area contributed by atoms with Crippen molar-refractivity contribution in [3.63, 3.8) is 0 Å². The Morgan fingerprint density at radius 1 is 1.20 bits per heavy atom. The number of fused-ring (bicyclic) bond motifs is 2. The van der Waals surface area contributed by atoms with Gasteiger partial charge in [0.2, 0.25) is 5.95 Å². The van der Waals surface area contributed by atoms with Gasteiger partial charge in [0.15, 0.2) is 16.7 Å². The van der Waals surface area contributed by atoms with E-state index in [1.54, 1.807) is 13.1 Å². The predicted molar refractivity (Wildman–Crippen MR) is 156 cm³/mol. The molecule has 0 spiro atoms. The van der Waals surface area contributed by atoms with E-state index in [0.717, 1.165) is 23.8 Å². The zero-order valence-electron chi connectivity index (χ0n) is 24.4. The Morgan fingerprint density at radius 3 is 2.68 bits per heavy atom. The van der Waals surface area contributed by atoms with Crippen LogP contribution in [0.15, 0.2) is 50.0 Å². The Hall–Kier alpha value is -4.35. The lowest BCUT2D eigenvalue weighted by Gasteiger charge is -2.34. The van der Waals surface area contributed by atoms with E-state index in [-0.39, 0.29) is 12.6 Å². The summed E-state index contributed by atoms with van der Waals surface area (Å²) in [6, 6.07) is 7.19. The number of aryl methyl sites for hydroxylation is 1. The van der Waals surface area contributed by atoms with Gasteiger partial charge in [-0.05, 0) is 59.6 Å². The Bertz CT molecular complexity index is 1750. The van der Waals surface area contributed by atoms with Crippen molar-refractivity contribution in [1.82, 2.24) is 29.2 Å². The molecule has 1 saturated heterocycles. The molecule has 0 bridgehead atoms. The lowest BCUT2D eigenvalue weighted by molar-refractivity contribution is 0.0499. The fourth-order valence-electron chi connectivity index (χ4n) is 5.14. The van der Waals surface area contributed by atoms with Crippen LogP contribution >= 0.6 is 0 Å². The van der Waals surface area contributed by atoms with Crippen molar-refractivity contribution in [1.29, 1.82) is 0 Å². The minimum atomic E-state index is -0.598. The maximum atomic E-state index is 14.0. The number of imidazole rings is 1. The van der Waals surface area contributed by atoms with Gasteiger partial charge in [-0.1, -0.05) is 28.9 Å². The van der Waals surface area contributed by atoms with Gasteiger partial charge in [-0.25, -0.2) is 9.59 Å². The fraction of sp³-hybridized carbons (Fsp3) is 0.483. The minimum absolute atomic E-state index is 0.0345. The largest absolute Gasteiger partial charge is 0.444 e. The minimum Gasteiger partial charge on any atom is -0.444 e. The maximum absolute atomic E-state index is 14.0. The number of para-hydroxylation sites is 1. The number of amides is 1. The normalized spacial score (nSPS) is 15.9. The van der Waals surface area contributed by atoms with Gasteiger partial charge in [0.05, 0.1) is 6.54 Å². The molecule has 3 aromatic heterocycles. The average molecular weight is 564 g/mol. The zero-order chi connectivity index (χ0) is 29.5. The summed E-state index contributed by atoms with van der Waals surface area (Å²) in [6.07, 6.45) is 3.16. The molecule has 1 atom stereocenters. The number of hydrogen-bond donors (Lipinski definition) is 1. The monoisotopic (exact) mass is 563 g/mol. The van der Waals surface area contributed by atoms with Crippen molar-refractivity contribution in [2.45, 2.75) is 72.2 Å². The number of allylic oxidation sites excluding steroid dienone is 2. The third-order valence-corrected chi connectivity index (χ3v) is 7.08. The Balaban J connectivity index is 1.56. The standard InChI is InChI=1S/C29H37N7O5/c1-18(2)13-15-35-23-24(31-26(35)34-14-9-10-19(16-34)30-27(38)40-29(3,4)5)33(6)28(39)36(25(23)37)17-21-20-11-7-8-12-22(20)41-32-21/h7-8,11-13,19H,9-10,14-17H2,1-6H3,(H,30,38). The van der Waals surface area contributed by atoms with Crippen LogP contribution < -0.4 is 21.5 Å². The first kappa shape index (κ1) is 28.2. The summed E-state index contributed by atoms with van der Waals surface area (Å²) < 4.78 is 15.3. The molecule has 4 heterocycles. The molecule has 0 saturated carbocycles. The molecule has 4 aromatic rings. The molecule has 0 aliphatic carbocycles. The number of piperidine rings is 1. The van der Waals surface area contributed by atoms with E-state index in [9.17, 15) is 14.4 Å². The van der Waals surface area contributed by atoms with Crippen LogP contribution in [0.25, 0.3) is 22.1 Å². The van der Waals surface area contributed by atoms with Gasteiger partial charge < -0.3 is 24.0 Å². The number of aromatic nitrogens is 5. The summed E-state index contributed by atoms with van der Waals surface area (Å²) in [5.74, 6) is 0.574. The smallest absolute Gasteiger partial charge is 0.407 e. The van der Waals surface area contributed by atoms with E-state index < -0.39 is 22.9 Å². The number of ether oxygens (including phenoxy) is 1. The molecule has 1 N–H and O–H groups in total. The van der Waals surface area contributed by atoms with Gasteiger partial charge in [0.1, 0.15) is 11.3 Å². The third-order valence-electron chi connectivity index (χ3n) is 7.08. The molecule has 1 aromatic carbocycles. The molecule has 5 rings (SSSR count). The predicted octanol–water partition coefficient (Wildman–Crippen LogP) is 3.55.